The largest absolute Gasteiger partial charge is 0.260 e. The first-order chi connectivity index (χ1) is 8.97. The van der Waals surface area contributed by atoms with Crippen molar-refractivity contribution in [3.8, 4) is 0 Å². The summed E-state index contributed by atoms with van der Waals surface area (Å²) < 4.78 is 39.4. The van der Waals surface area contributed by atoms with Crippen molar-refractivity contribution in [3.63, 3.8) is 0 Å². The molecule has 0 aliphatic heterocycles. The Bertz CT molecular complexity index is 538. The molecule has 1 fully saturated rings. The van der Waals surface area contributed by atoms with Gasteiger partial charge in [0.1, 0.15) is 10.7 Å². The normalized spacial score (nSPS) is 24.3. The van der Waals surface area contributed by atoms with Crippen molar-refractivity contribution in [1.82, 2.24) is 9.71 Å². The molecule has 0 amide bonds. The Labute approximate surface area is 117 Å². The third kappa shape index (κ3) is 4.12. The lowest BCUT2D eigenvalue weighted by atomic mass is 9.89. The van der Waals surface area contributed by atoms with Crippen molar-refractivity contribution in [1.29, 1.82) is 0 Å². The predicted molar refractivity (Wildman–Crippen MR) is 71.0 cm³/mol. The fraction of sp³-hybridized carbons (Fsp3) is 0.583. The number of hydrogen-bond donors (Lipinski definition) is 1. The Morgan fingerprint density at radius 3 is 2.89 bits per heavy atom. The fourth-order valence-electron chi connectivity index (χ4n) is 2.26. The van der Waals surface area contributed by atoms with Crippen LogP contribution in [0.15, 0.2) is 23.4 Å². The second-order valence-electron chi connectivity index (χ2n) is 4.82. The minimum absolute atomic E-state index is 0.124. The van der Waals surface area contributed by atoms with Crippen LogP contribution in [0.2, 0.25) is 0 Å². The van der Waals surface area contributed by atoms with Gasteiger partial charge in [-0.3, -0.25) is 4.98 Å². The molecule has 1 N–H and O–H groups in total. The molecule has 0 saturated heterocycles. The Hall–Kier alpha value is -0.720. The van der Waals surface area contributed by atoms with E-state index in [1.165, 1.54) is 0 Å². The zero-order valence-corrected chi connectivity index (χ0v) is 11.9. The van der Waals surface area contributed by atoms with Crippen molar-refractivity contribution in [2.75, 3.05) is 6.54 Å². The molecule has 1 aliphatic rings. The lowest BCUT2D eigenvalue weighted by Crippen LogP contribution is -2.32. The Morgan fingerprint density at radius 2 is 2.21 bits per heavy atom. The Kier molecular flexibility index (Phi) is 4.76. The first-order valence-electron chi connectivity index (χ1n) is 6.21. The molecule has 4 nitrogen and oxygen atoms in total. The summed E-state index contributed by atoms with van der Waals surface area (Å²) in [6.07, 6.45) is 5.88. The number of sulfonamides is 1. The fourth-order valence-corrected chi connectivity index (χ4v) is 3.76. The molecule has 19 heavy (non-hydrogen) atoms. The smallest absolute Gasteiger partial charge is 0.242 e. The highest BCUT2D eigenvalue weighted by molar-refractivity contribution is 7.89. The molecule has 0 bridgehead atoms. The number of pyridine rings is 1. The summed E-state index contributed by atoms with van der Waals surface area (Å²) in [4.78, 5) is 3.39. The lowest BCUT2D eigenvalue weighted by Gasteiger charge is -2.25. The maximum atomic E-state index is 13.0. The van der Waals surface area contributed by atoms with Crippen LogP contribution in [0, 0.1) is 11.7 Å². The number of halogens is 2. The molecule has 0 spiro atoms. The quantitative estimate of drug-likeness (QED) is 0.868. The third-order valence-corrected chi connectivity index (χ3v) is 5.06. The number of alkyl halides is 1. The maximum absolute atomic E-state index is 13.0. The average Bonchev–Trinajstić information content (AvgIpc) is 2.37. The van der Waals surface area contributed by atoms with Crippen LogP contribution in [0.5, 0.6) is 0 Å². The van der Waals surface area contributed by atoms with E-state index in [1.807, 2.05) is 0 Å². The minimum atomic E-state index is -3.70. The molecular formula is C12H16ClFN2O2S. The van der Waals surface area contributed by atoms with E-state index >= 15 is 0 Å². The van der Waals surface area contributed by atoms with Crippen LogP contribution in [0.1, 0.15) is 25.7 Å². The van der Waals surface area contributed by atoms with Gasteiger partial charge in [-0.1, -0.05) is 6.42 Å². The summed E-state index contributed by atoms with van der Waals surface area (Å²) in [5, 5.41) is 0.124. The van der Waals surface area contributed by atoms with Crippen LogP contribution in [0.25, 0.3) is 0 Å². The first-order valence-corrected chi connectivity index (χ1v) is 8.13. The number of hydrogen-bond acceptors (Lipinski definition) is 3. The monoisotopic (exact) mass is 306 g/mol. The van der Waals surface area contributed by atoms with E-state index in [4.69, 9.17) is 11.6 Å². The minimum Gasteiger partial charge on any atom is -0.260 e. The molecule has 1 aliphatic carbocycles. The zero-order valence-electron chi connectivity index (χ0n) is 10.4. The van der Waals surface area contributed by atoms with Gasteiger partial charge in [0, 0.05) is 18.1 Å². The van der Waals surface area contributed by atoms with E-state index in [1.54, 1.807) is 0 Å². The maximum Gasteiger partial charge on any atom is 0.242 e. The number of nitrogens with one attached hydrogen (secondary N) is 1. The van der Waals surface area contributed by atoms with Crippen molar-refractivity contribution in [2.24, 2.45) is 5.92 Å². The lowest BCUT2D eigenvalue weighted by molar-refractivity contribution is 0.361. The summed E-state index contributed by atoms with van der Waals surface area (Å²) >= 11 is 6.06. The van der Waals surface area contributed by atoms with Gasteiger partial charge in [-0.2, -0.15) is 0 Å². The SMILES string of the molecule is O=S(=O)(NCC1CCCC(Cl)C1)c1cncc(F)c1. The van der Waals surface area contributed by atoms with Crippen molar-refractivity contribution in [2.45, 2.75) is 36.0 Å². The second-order valence-corrected chi connectivity index (χ2v) is 7.20. The van der Waals surface area contributed by atoms with E-state index in [9.17, 15) is 12.8 Å². The summed E-state index contributed by atoms with van der Waals surface area (Å²) in [5.74, 6) is -0.422. The Balaban J connectivity index is 1.98. The van der Waals surface area contributed by atoms with Gasteiger partial charge in [0.05, 0.1) is 6.20 Å². The van der Waals surface area contributed by atoms with Gasteiger partial charge in [-0.15, -0.1) is 11.6 Å². The molecule has 2 rings (SSSR count). The van der Waals surface area contributed by atoms with Crippen LogP contribution < -0.4 is 4.72 Å². The molecule has 0 aromatic carbocycles. The van der Waals surface area contributed by atoms with Gasteiger partial charge >= 0.3 is 0 Å². The summed E-state index contributed by atoms with van der Waals surface area (Å²) in [6.45, 7) is 0.335. The van der Waals surface area contributed by atoms with Crippen LogP contribution in [-0.4, -0.2) is 25.3 Å². The highest BCUT2D eigenvalue weighted by Gasteiger charge is 2.23. The second kappa shape index (κ2) is 6.15. The zero-order chi connectivity index (χ0) is 13.9. The molecule has 1 saturated carbocycles. The molecule has 106 valence electrons. The van der Waals surface area contributed by atoms with Gasteiger partial charge in [0.2, 0.25) is 10.0 Å². The van der Waals surface area contributed by atoms with Crippen molar-refractivity contribution < 1.29 is 12.8 Å². The molecule has 2 atom stereocenters. The van der Waals surface area contributed by atoms with Crippen LogP contribution in [0.3, 0.4) is 0 Å². The standard InChI is InChI=1S/C12H16ClFN2O2S/c13-10-3-1-2-9(4-10)6-16-19(17,18)12-5-11(14)7-15-8-12/h5,7-10,16H,1-4,6H2. The van der Waals surface area contributed by atoms with Crippen molar-refractivity contribution >= 4 is 21.6 Å². The van der Waals surface area contributed by atoms with Crippen LogP contribution in [-0.2, 0) is 10.0 Å². The van der Waals surface area contributed by atoms with E-state index in [-0.39, 0.29) is 16.2 Å². The number of aromatic nitrogens is 1. The topological polar surface area (TPSA) is 59.1 Å². The van der Waals surface area contributed by atoms with Gasteiger partial charge in [-0.05, 0) is 31.2 Å². The summed E-state index contributed by atoms with van der Waals surface area (Å²) in [6, 6.07) is 0.959. The molecule has 1 aromatic heterocycles. The van der Waals surface area contributed by atoms with E-state index < -0.39 is 15.8 Å². The summed E-state index contributed by atoms with van der Waals surface area (Å²) in [7, 11) is -3.70. The van der Waals surface area contributed by atoms with Gasteiger partial charge in [0.25, 0.3) is 0 Å². The Morgan fingerprint density at radius 1 is 1.42 bits per heavy atom. The van der Waals surface area contributed by atoms with Gasteiger partial charge < -0.3 is 0 Å². The van der Waals surface area contributed by atoms with E-state index in [0.717, 1.165) is 44.1 Å². The van der Waals surface area contributed by atoms with E-state index in [0.29, 0.717) is 6.54 Å². The molecule has 1 aromatic rings. The van der Waals surface area contributed by atoms with Crippen LogP contribution in [0.4, 0.5) is 4.39 Å². The molecule has 2 unspecified atom stereocenters. The molecule has 0 radical (unpaired) electrons. The van der Waals surface area contributed by atoms with Gasteiger partial charge in [0.15, 0.2) is 0 Å². The summed E-state index contributed by atoms with van der Waals surface area (Å²) in [5.41, 5.74) is 0. The van der Waals surface area contributed by atoms with Crippen LogP contribution >= 0.6 is 11.6 Å². The third-order valence-electron chi connectivity index (χ3n) is 3.27. The molecule has 7 heteroatoms. The predicted octanol–water partition coefficient (Wildman–Crippen LogP) is 2.30. The first kappa shape index (κ1) is 14.7. The molecular weight excluding hydrogens is 291 g/mol. The highest BCUT2D eigenvalue weighted by Crippen LogP contribution is 2.27. The van der Waals surface area contributed by atoms with Gasteiger partial charge in [-0.25, -0.2) is 17.5 Å². The van der Waals surface area contributed by atoms with E-state index in [2.05, 4.69) is 9.71 Å². The molecule has 1 heterocycles. The number of nitrogens with zero attached hydrogens (tertiary/aromatic N) is 1. The highest BCUT2D eigenvalue weighted by atomic mass is 35.5. The van der Waals surface area contributed by atoms with Crippen molar-refractivity contribution in [3.05, 3.63) is 24.3 Å². The number of rotatable bonds is 4. The average molecular weight is 307 g/mol.